The number of nitrogens with one attached hydrogen (secondary N) is 1. The molecule has 2 amide bonds. The van der Waals surface area contributed by atoms with Gasteiger partial charge in [-0.25, -0.2) is 4.79 Å². The van der Waals surface area contributed by atoms with Gasteiger partial charge in [-0.2, -0.15) is 0 Å². The van der Waals surface area contributed by atoms with Gasteiger partial charge in [0.15, 0.2) is 5.11 Å². The van der Waals surface area contributed by atoms with Gasteiger partial charge in [0.1, 0.15) is 5.57 Å². The average molecular weight is 502 g/mol. The molecule has 2 aromatic carbocycles. The van der Waals surface area contributed by atoms with E-state index < -0.39 is 17.8 Å². The number of hydrogen-bond acceptors (Lipinski definition) is 5. The Morgan fingerprint density at radius 2 is 1.61 bits per heavy atom. The highest BCUT2D eigenvalue weighted by Gasteiger charge is 2.35. The number of methoxy groups -OCH3 is 1. The summed E-state index contributed by atoms with van der Waals surface area (Å²) in [7, 11) is 1.35. The smallest absolute Gasteiger partial charge is 0.337 e. The molecule has 0 spiro atoms. The highest BCUT2D eigenvalue weighted by atomic mass is 32.1. The van der Waals surface area contributed by atoms with Crippen molar-refractivity contribution in [3.63, 3.8) is 0 Å². The van der Waals surface area contributed by atoms with Crippen LogP contribution < -0.4 is 10.2 Å². The molecule has 4 rings (SSSR count). The molecule has 0 atom stereocenters. The molecule has 1 aliphatic heterocycles. The Balaban J connectivity index is 1.76. The summed E-state index contributed by atoms with van der Waals surface area (Å²) in [6.07, 6.45) is 1.60. The molecule has 2 heterocycles. The molecule has 3 aromatic rings. The topological polar surface area (TPSA) is 80.6 Å². The number of amides is 2. The van der Waals surface area contributed by atoms with Gasteiger partial charge in [0.2, 0.25) is 0 Å². The lowest BCUT2D eigenvalue weighted by atomic mass is 10.0. The van der Waals surface area contributed by atoms with Gasteiger partial charge in [-0.05, 0) is 99.9 Å². The van der Waals surface area contributed by atoms with Crippen LogP contribution in [-0.2, 0) is 14.3 Å². The molecule has 0 unspecified atom stereocenters. The Morgan fingerprint density at radius 1 is 0.944 bits per heavy atom. The number of aromatic nitrogens is 1. The minimum Gasteiger partial charge on any atom is -0.465 e. The molecular weight excluding hydrogens is 474 g/mol. The minimum atomic E-state index is -0.533. The van der Waals surface area contributed by atoms with E-state index in [4.69, 9.17) is 17.0 Å². The molecule has 1 aromatic heterocycles. The first kappa shape index (κ1) is 25.1. The van der Waals surface area contributed by atoms with Crippen LogP contribution in [0.4, 0.5) is 5.69 Å². The van der Waals surface area contributed by atoms with E-state index in [9.17, 15) is 14.4 Å². The van der Waals surface area contributed by atoms with E-state index in [0.717, 1.165) is 39.3 Å². The summed E-state index contributed by atoms with van der Waals surface area (Å²) in [5, 5.41) is 2.71. The average Bonchev–Trinajstić information content (AvgIpc) is 3.09. The largest absolute Gasteiger partial charge is 0.465 e. The van der Waals surface area contributed by atoms with Crippen LogP contribution in [0.25, 0.3) is 11.8 Å². The number of anilines is 1. The van der Waals surface area contributed by atoms with Crippen LogP contribution in [-0.4, -0.2) is 34.6 Å². The monoisotopic (exact) mass is 501 g/mol. The third-order valence-electron chi connectivity index (χ3n) is 6.32. The Hall–Kier alpha value is -4.04. The van der Waals surface area contributed by atoms with Gasteiger partial charge in [0, 0.05) is 17.1 Å². The number of thiocarbonyl (C=S) groups is 1. The van der Waals surface area contributed by atoms with Crippen LogP contribution in [0.5, 0.6) is 0 Å². The second kappa shape index (κ2) is 9.54. The maximum absolute atomic E-state index is 13.5. The summed E-state index contributed by atoms with van der Waals surface area (Å²) < 4.78 is 6.85. The number of esters is 1. The van der Waals surface area contributed by atoms with E-state index in [1.165, 1.54) is 12.0 Å². The molecule has 7 nitrogen and oxygen atoms in total. The Labute approximate surface area is 215 Å². The van der Waals surface area contributed by atoms with Crippen molar-refractivity contribution in [3.8, 4) is 5.69 Å². The van der Waals surface area contributed by atoms with Crippen LogP contribution in [0.15, 0.2) is 48.0 Å². The molecule has 0 saturated carbocycles. The van der Waals surface area contributed by atoms with Crippen LogP contribution in [0.2, 0.25) is 0 Å². The lowest BCUT2D eigenvalue weighted by molar-refractivity contribution is -0.122. The van der Waals surface area contributed by atoms with Crippen LogP contribution in [0.3, 0.4) is 0 Å². The van der Waals surface area contributed by atoms with Crippen molar-refractivity contribution < 1.29 is 19.1 Å². The normalized spacial score (nSPS) is 14.9. The van der Waals surface area contributed by atoms with E-state index in [0.29, 0.717) is 11.3 Å². The number of benzene rings is 2. The molecular formula is C28H27N3O4S. The summed E-state index contributed by atoms with van der Waals surface area (Å²) in [6, 6.07) is 13.0. The van der Waals surface area contributed by atoms with Gasteiger partial charge in [-0.1, -0.05) is 17.7 Å². The predicted molar refractivity (Wildman–Crippen MR) is 143 cm³/mol. The lowest BCUT2D eigenvalue weighted by Gasteiger charge is -2.30. The number of hydrogen-bond donors (Lipinski definition) is 1. The van der Waals surface area contributed by atoms with E-state index in [-0.39, 0.29) is 10.7 Å². The van der Waals surface area contributed by atoms with Gasteiger partial charge in [0.25, 0.3) is 11.8 Å². The third-order valence-corrected chi connectivity index (χ3v) is 6.61. The highest BCUT2D eigenvalue weighted by molar-refractivity contribution is 7.80. The summed E-state index contributed by atoms with van der Waals surface area (Å²) >= 11 is 5.35. The van der Waals surface area contributed by atoms with Crippen molar-refractivity contribution in [1.82, 2.24) is 9.88 Å². The summed E-state index contributed by atoms with van der Waals surface area (Å²) in [6.45, 7) is 9.66. The molecule has 8 heteroatoms. The van der Waals surface area contributed by atoms with Crippen molar-refractivity contribution in [3.05, 3.63) is 87.2 Å². The van der Waals surface area contributed by atoms with Crippen molar-refractivity contribution in [1.29, 1.82) is 0 Å². The quantitative estimate of drug-likeness (QED) is 0.244. The number of rotatable bonds is 4. The van der Waals surface area contributed by atoms with Crippen molar-refractivity contribution >= 4 is 46.9 Å². The second-order valence-electron chi connectivity index (χ2n) is 8.90. The van der Waals surface area contributed by atoms with Gasteiger partial charge in [-0.3, -0.25) is 19.8 Å². The Morgan fingerprint density at radius 3 is 2.25 bits per heavy atom. The van der Waals surface area contributed by atoms with E-state index in [1.807, 2.05) is 69.5 Å². The fourth-order valence-corrected chi connectivity index (χ4v) is 4.82. The standard InChI is InChI=1S/C28H27N3O4S/c1-15-7-9-24(16(2)11-15)31-26(33)22(25(32)29-28(31)36)14-21-13-18(4)30(19(21)5)23-10-8-20(12-17(23)3)27(34)35-6/h7-14H,1-6H3,(H,29,32,36)/b22-14+. The Bertz CT molecular complexity index is 1480. The summed E-state index contributed by atoms with van der Waals surface area (Å²) in [5.41, 5.74) is 7.32. The maximum Gasteiger partial charge on any atom is 0.337 e. The first-order valence-corrected chi connectivity index (χ1v) is 11.8. The first-order valence-electron chi connectivity index (χ1n) is 11.4. The van der Waals surface area contributed by atoms with Gasteiger partial charge in [-0.15, -0.1) is 0 Å². The molecule has 184 valence electrons. The number of carbonyl (C=O) groups excluding carboxylic acids is 3. The number of ether oxygens (including phenoxy) is 1. The minimum absolute atomic E-state index is 0.00147. The zero-order valence-corrected chi connectivity index (χ0v) is 21.9. The fraction of sp³-hybridized carbons (Fsp3) is 0.214. The van der Waals surface area contributed by atoms with E-state index in [1.54, 1.807) is 18.2 Å². The molecule has 0 bridgehead atoms. The SMILES string of the molecule is COC(=O)c1ccc(-n2c(C)cc(/C=C3\C(=O)NC(=S)N(c4ccc(C)cc4C)C3=O)c2C)c(C)c1. The van der Waals surface area contributed by atoms with Crippen LogP contribution in [0, 0.1) is 34.6 Å². The first-order chi connectivity index (χ1) is 17.0. The number of carbonyl (C=O) groups is 3. The van der Waals surface area contributed by atoms with Gasteiger partial charge < -0.3 is 9.30 Å². The molecule has 1 saturated heterocycles. The van der Waals surface area contributed by atoms with Crippen molar-refractivity contribution in [2.45, 2.75) is 34.6 Å². The van der Waals surface area contributed by atoms with Gasteiger partial charge in [0.05, 0.1) is 18.4 Å². The lowest BCUT2D eigenvalue weighted by Crippen LogP contribution is -2.54. The molecule has 0 aliphatic carbocycles. The van der Waals surface area contributed by atoms with E-state index >= 15 is 0 Å². The van der Waals surface area contributed by atoms with Crippen molar-refractivity contribution in [2.24, 2.45) is 0 Å². The number of nitrogens with zero attached hydrogens (tertiary/aromatic N) is 2. The van der Waals surface area contributed by atoms with Gasteiger partial charge >= 0.3 is 5.97 Å². The highest BCUT2D eigenvalue weighted by Crippen LogP contribution is 2.29. The number of aryl methyl sites for hydroxylation is 4. The van der Waals surface area contributed by atoms with Crippen LogP contribution in [0.1, 0.15) is 44.0 Å². The molecule has 1 aliphatic rings. The predicted octanol–water partition coefficient (Wildman–Crippen LogP) is 4.64. The molecule has 1 N–H and O–H groups in total. The summed E-state index contributed by atoms with van der Waals surface area (Å²) in [5.74, 6) is -1.40. The molecule has 36 heavy (non-hydrogen) atoms. The van der Waals surface area contributed by atoms with E-state index in [2.05, 4.69) is 5.32 Å². The summed E-state index contributed by atoms with van der Waals surface area (Å²) in [4.78, 5) is 39.6. The molecule has 1 fully saturated rings. The zero-order chi connectivity index (χ0) is 26.3. The maximum atomic E-state index is 13.5. The second-order valence-corrected chi connectivity index (χ2v) is 9.29. The third kappa shape index (κ3) is 4.35. The fourth-order valence-electron chi connectivity index (χ4n) is 4.54. The van der Waals surface area contributed by atoms with Crippen LogP contribution >= 0.6 is 12.2 Å². The Kier molecular flexibility index (Phi) is 6.65. The zero-order valence-electron chi connectivity index (χ0n) is 21.1. The van der Waals surface area contributed by atoms with Crippen molar-refractivity contribution in [2.75, 3.05) is 12.0 Å². The molecule has 0 radical (unpaired) electrons.